The van der Waals surface area contributed by atoms with Crippen molar-refractivity contribution in [1.29, 1.82) is 5.26 Å². The monoisotopic (exact) mass is 381 g/mol. The maximum absolute atomic E-state index is 12.4. The van der Waals surface area contributed by atoms with Crippen LogP contribution < -0.4 is 9.47 Å². The lowest BCUT2D eigenvalue weighted by atomic mass is 9.99. The average molecular weight is 381 g/mol. The summed E-state index contributed by atoms with van der Waals surface area (Å²) in [6, 6.07) is 7.43. The fraction of sp³-hybridized carbons (Fsp3) is 0.211. The standard InChI is InChI=1S/C19H15N3O4S/c1-3-25-19(23)17-14-9-26-16-7-15(24-2)11(8-20)6-13(16)18(14)22(21-17)12-4-5-27-10-12/h4-7,10H,3,9H2,1-2H3. The molecule has 3 aromatic rings. The van der Waals surface area contributed by atoms with E-state index in [1.807, 2.05) is 16.8 Å². The van der Waals surface area contributed by atoms with Gasteiger partial charge in [0.25, 0.3) is 0 Å². The first-order chi connectivity index (χ1) is 13.2. The van der Waals surface area contributed by atoms with Gasteiger partial charge in [-0.25, -0.2) is 9.48 Å². The van der Waals surface area contributed by atoms with Crippen LogP contribution in [0.25, 0.3) is 16.9 Å². The molecule has 0 fully saturated rings. The van der Waals surface area contributed by atoms with Crippen molar-refractivity contribution >= 4 is 17.3 Å². The Balaban J connectivity index is 1.99. The molecule has 0 unspecified atom stereocenters. The number of hydrogen-bond acceptors (Lipinski definition) is 7. The van der Waals surface area contributed by atoms with E-state index in [2.05, 4.69) is 11.2 Å². The highest BCUT2D eigenvalue weighted by Gasteiger charge is 2.31. The Bertz CT molecular complexity index is 1060. The molecule has 2 aromatic heterocycles. The van der Waals surface area contributed by atoms with Crippen molar-refractivity contribution in [2.75, 3.05) is 13.7 Å². The van der Waals surface area contributed by atoms with E-state index in [0.717, 1.165) is 11.4 Å². The van der Waals surface area contributed by atoms with Crippen molar-refractivity contribution in [1.82, 2.24) is 9.78 Å². The van der Waals surface area contributed by atoms with E-state index in [0.29, 0.717) is 28.2 Å². The van der Waals surface area contributed by atoms with Crippen molar-refractivity contribution in [3.8, 4) is 34.5 Å². The SMILES string of the molecule is CCOC(=O)c1nn(-c2ccsc2)c2c1COc1cc(OC)c(C#N)cc1-2. The second-order valence-corrected chi connectivity index (χ2v) is 6.52. The molecule has 0 saturated carbocycles. The van der Waals surface area contributed by atoms with Gasteiger partial charge >= 0.3 is 5.97 Å². The van der Waals surface area contributed by atoms with E-state index in [-0.39, 0.29) is 18.9 Å². The summed E-state index contributed by atoms with van der Waals surface area (Å²) in [5.41, 5.74) is 3.47. The molecular formula is C19H15N3O4S. The summed E-state index contributed by atoms with van der Waals surface area (Å²) in [6.07, 6.45) is 0. The first-order valence-corrected chi connectivity index (χ1v) is 9.19. The first kappa shape index (κ1) is 17.1. The average Bonchev–Trinajstić information content (AvgIpc) is 3.34. The third kappa shape index (κ3) is 2.73. The van der Waals surface area contributed by atoms with Gasteiger partial charge in [-0.2, -0.15) is 21.7 Å². The third-order valence-corrected chi connectivity index (χ3v) is 4.92. The number of fused-ring (bicyclic) bond motifs is 3. The number of benzene rings is 1. The number of aromatic nitrogens is 2. The van der Waals surface area contributed by atoms with Gasteiger partial charge in [0.15, 0.2) is 5.69 Å². The van der Waals surface area contributed by atoms with Gasteiger partial charge < -0.3 is 14.2 Å². The molecule has 0 atom stereocenters. The zero-order valence-electron chi connectivity index (χ0n) is 14.7. The summed E-state index contributed by atoms with van der Waals surface area (Å²) >= 11 is 1.53. The predicted molar refractivity (Wildman–Crippen MR) is 98.4 cm³/mol. The Kier molecular flexibility index (Phi) is 4.30. The van der Waals surface area contributed by atoms with Crippen molar-refractivity contribution in [3.05, 3.63) is 45.8 Å². The maximum atomic E-state index is 12.4. The molecule has 1 aromatic carbocycles. The number of esters is 1. The van der Waals surface area contributed by atoms with E-state index in [1.165, 1.54) is 18.4 Å². The topological polar surface area (TPSA) is 86.4 Å². The van der Waals surface area contributed by atoms with E-state index in [1.54, 1.807) is 23.7 Å². The summed E-state index contributed by atoms with van der Waals surface area (Å²) in [6.45, 7) is 2.18. The Morgan fingerprint density at radius 1 is 1.48 bits per heavy atom. The van der Waals surface area contributed by atoms with Crippen molar-refractivity contribution in [2.45, 2.75) is 13.5 Å². The second-order valence-electron chi connectivity index (χ2n) is 5.74. The molecule has 4 rings (SSSR count). The van der Waals surface area contributed by atoms with Crippen LogP contribution in [0.1, 0.15) is 28.5 Å². The predicted octanol–water partition coefficient (Wildman–Crippen LogP) is 3.55. The lowest BCUT2D eigenvalue weighted by molar-refractivity contribution is 0.0516. The molecule has 0 bridgehead atoms. The van der Waals surface area contributed by atoms with Crippen LogP contribution in [-0.2, 0) is 11.3 Å². The lowest BCUT2D eigenvalue weighted by Gasteiger charge is -2.20. The fourth-order valence-corrected chi connectivity index (χ4v) is 3.68. The van der Waals surface area contributed by atoms with Gasteiger partial charge in [-0.05, 0) is 24.4 Å². The van der Waals surface area contributed by atoms with E-state index >= 15 is 0 Å². The Hall–Kier alpha value is -3.31. The molecular weight excluding hydrogens is 366 g/mol. The molecule has 0 saturated heterocycles. The molecule has 136 valence electrons. The highest BCUT2D eigenvalue weighted by atomic mass is 32.1. The summed E-state index contributed by atoms with van der Waals surface area (Å²) in [4.78, 5) is 12.4. The highest BCUT2D eigenvalue weighted by molar-refractivity contribution is 7.08. The van der Waals surface area contributed by atoms with Crippen LogP contribution in [0, 0.1) is 11.3 Å². The molecule has 0 N–H and O–H groups in total. The normalized spacial score (nSPS) is 11.7. The molecule has 0 radical (unpaired) electrons. The van der Waals surface area contributed by atoms with Gasteiger partial charge in [0.2, 0.25) is 0 Å². The number of thiophene rings is 1. The zero-order valence-corrected chi connectivity index (χ0v) is 15.5. The smallest absolute Gasteiger partial charge is 0.359 e. The minimum absolute atomic E-state index is 0.176. The molecule has 8 heteroatoms. The molecule has 3 heterocycles. The second kappa shape index (κ2) is 6.78. The van der Waals surface area contributed by atoms with Crippen LogP contribution in [-0.4, -0.2) is 29.5 Å². The number of nitriles is 1. The van der Waals surface area contributed by atoms with Crippen LogP contribution in [0.2, 0.25) is 0 Å². The molecule has 0 spiro atoms. The number of ether oxygens (including phenoxy) is 3. The van der Waals surface area contributed by atoms with Crippen LogP contribution in [0.15, 0.2) is 29.0 Å². The van der Waals surface area contributed by atoms with Gasteiger partial charge in [0.1, 0.15) is 24.2 Å². The van der Waals surface area contributed by atoms with Gasteiger partial charge in [-0.3, -0.25) is 0 Å². The highest BCUT2D eigenvalue weighted by Crippen LogP contribution is 2.43. The van der Waals surface area contributed by atoms with Crippen LogP contribution in [0.3, 0.4) is 0 Å². The Morgan fingerprint density at radius 2 is 2.33 bits per heavy atom. The quantitative estimate of drug-likeness (QED) is 0.643. The summed E-state index contributed by atoms with van der Waals surface area (Å²) < 4.78 is 18.0. The van der Waals surface area contributed by atoms with Crippen molar-refractivity contribution < 1.29 is 19.0 Å². The van der Waals surface area contributed by atoms with Crippen molar-refractivity contribution in [3.63, 3.8) is 0 Å². The summed E-state index contributed by atoms with van der Waals surface area (Å²) in [5, 5.41) is 17.8. The number of rotatable bonds is 4. The lowest BCUT2D eigenvalue weighted by Crippen LogP contribution is -2.12. The number of hydrogen-bond donors (Lipinski definition) is 0. The van der Waals surface area contributed by atoms with E-state index < -0.39 is 5.97 Å². The largest absolute Gasteiger partial charge is 0.495 e. The molecule has 1 aliphatic rings. The van der Waals surface area contributed by atoms with Crippen LogP contribution in [0.4, 0.5) is 0 Å². The van der Waals surface area contributed by atoms with Gasteiger partial charge in [0, 0.05) is 17.0 Å². The van der Waals surface area contributed by atoms with E-state index in [9.17, 15) is 10.1 Å². The van der Waals surface area contributed by atoms with Crippen LogP contribution in [0.5, 0.6) is 11.5 Å². The molecule has 1 aliphatic heterocycles. The van der Waals surface area contributed by atoms with E-state index in [4.69, 9.17) is 14.2 Å². The first-order valence-electron chi connectivity index (χ1n) is 8.24. The minimum Gasteiger partial charge on any atom is -0.495 e. The third-order valence-electron chi connectivity index (χ3n) is 4.25. The zero-order chi connectivity index (χ0) is 19.0. The molecule has 7 nitrogen and oxygen atoms in total. The Morgan fingerprint density at radius 3 is 3.00 bits per heavy atom. The van der Waals surface area contributed by atoms with Crippen molar-refractivity contribution in [2.24, 2.45) is 0 Å². The minimum atomic E-state index is -0.496. The fourth-order valence-electron chi connectivity index (χ4n) is 3.06. The number of carbonyl (C=O) groups is 1. The number of carbonyl (C=O) groups excluding carboxylic acids is 1. The maximum Gasteiger partial charge on any atom is 0.359 e. The summed E-state index contributed by atoms with van der Waals surface area (Å²) in [7, 11) is 1.51. The Labute approximate surface area is 159 Å². The van der Waals surface area contributed by atoms with Gasteiger partial charge in [-0.1, -0.05) is 0 Å². The molecule has 0 aliphatic carbocycles. The molecule has 0 amide bonds. The summed E-state index contributed by atoms with van der Waals surface area (Å²) in [5.74, 6) is 0.515. The molecule has 27 heavy (non-hydrogen) atoms. The van der Waals surface area contributed by atoms with Crippen LogP contribution >= 0.6 is 11.3 Å². The number of nitrogens with zero attached hydrogens (tertiary/aromatic N) is 3. The van der Waals surface area contributed by atoms with Gasteiger partial charge in [0.05, 0.1) is 36.2 Å². The van der Waals surface area contributed by atoms with Gasteiger partial charge in [-0.15, -0.1) is 0 Å². The number of methoxy groups -OCH3 is 1.